The standard InChI is InChI=1S/C14H22N2O2/c1-15-14-11(5-4-8-16-14)10-18-13-7-3-6-12(9-13)17-2/h4-5,8,12-13H,3,6-7,9-10H2,1-2H3,(H,15,16). The fraction of sp³-hybridized carbons (Fsp3) is 0.643. The lowest BCUT2D eigenvalue weighted by atomic mass is 9.95. The van der Waals surface area contributed by atoms with Crippen molar-refractivity contribution in [1.29, 1.82) is 0 Å². The summed E-state index contributed by atoms with van der Waals surface area (Å²) in [5.41, 5.74) is 1.11. The molecular weight excluding hydrogens is 228 g/mol. The lowest BCUT2D eigenvalue weighted by Crippen LogP contribution is -2.27. The maximum Gasteiger partial charge on any atom is 0.131 e. The van der Waals surface area contributed by atoms with Crippen LogP contribution in [0, 0.1) is 0 Å². The number of nitrogens with one attached hydrogen (secondary N) is 1. The van der Waals surface area contributed by atoms with Gasteiger partial charge in [-0.3, -0.25) is 0 Å². The molecule has 0 amide bonds. The Morgan fingerprint density at radius 2 is 2.22 bits per heavy atom. The van der Waals surface area contributed by atoms with E-state index in [4.69, 9.17) is 9.47 Å². The molecule has 1 aliphatic rings. The summed E-state index contributed by atoms with van der Waals surface area (Å²) in [5, 5.41) is 3.09. The summed E-state index contributed by atoms with van der Waals surface area (Å²) in [5.74, 6) is 0.900. The molecule has 2 atom stereocenters. The molecule has 1 saturated carbocycles. The van der Waals surface area contributed by atoms with Gasteiger partial charge in [0.25, 0.3) is 0 Å². The number of methoxy groups -OCH3 is 1. The highest BCUT2D eigenvalue weighted by molar-refractivity contribution is 5.42. The van der Waals surface area contributed by atoms with Crippen LogP contribution >= 0.6 is 0 Å². The van der Waals surface area contributed by atoms with Gasteiger partial charge >= 0.3 is 0 Å². The molecule has 0 aromatic carbocycles. The molecule has 0 radical (unpaired) electrons. The van der Waals surface area contributed by atoms with Gasteiger partial charge in [0.05, 0.1) is 18.8 Å². The van der Waals surface area contributed by atoms with Crippen molar-refractivity contribution in [3.63, 3.8) is 0 Å². The van der Waals surface area contributed by atoms with Crippen molar-refractivity contribution in [1.82, 2.24) is 4.98 Å². The maximum absolute atomic E-state index is 5.98. The third-order valence-corrected chi connectivity index (χ3v) is 3.51. The zero-order chi connectivity index (χ0) is 12.8. The first-order chi connectivity index (χ1) is 8.83. The number of pyridine rings is 1. The first-order valence-electron chi connectivity index (χ1n) is 6.59. The number of aromatic nitrogens is 1. The van der Waals surface area contributed by atoms with Crippen molar-refractivity contribution in [3.8, 4) is 0 Å². The molecule has 1 heterocycles. The molecule has 1 aliphatic carbocycles. The second kappa shape index (κ2) is 6.71. The van der Waals surface area contributed by atoms with E-state index in [0.717, 1.165) is 30.6 Å². The summed E-state index contributed by atoms with van der Waals surface area (Å²) in [6, 6.07) is 3.99. The zero-order valence-corrected chi connectivity index (χ0v) is 11.2. The molecule has 1 fully saturated rings. The van der Waals surface area contributed by atoms with Crippen LogP contribution < -0.4 is 5.32 Å². The number of anilines is 1. The minimum absolute atomic E-state index is 0.314. The lowest BCUT2D eigenvalue weighted by Gasteiger charge is -2.28. The fourth-order valence-corrected chi connectivity index (χ4v) is 2.46. The predicted octanol–water partition coefficient (Wildman–Crippen LogP) is 2.60. The van der Waals surface area contributed by atoms with Gasteiger partial charge in [-0.05, 0) is 31.7 Å². The van der Waals surface area contributed by atoms with E-state index in [1.165, 1.54) is 6.42 Å². The summed E-state index contributed by atoms with van der Waals surface area (Å²) in [6.45, 7) is 0.616. The van der Waals surface area contributed by atoms with Crippen molar-refractivity contribution in [3.05, 3.63) is 23.9 Å². The van der Waals surface area contributed by atoms with Gasteiger partial charge in [-0.2, -0.15) is 0 Å². The van der Waals surface area contributed by atoms with Gasteiger partial charge in [0, 0.05) is 25.9 Å². The average Bonchev–Trinajstić information content (AvgIpc) is 2.45. The lowest BCUT2D eigenvalue weighted by molar-refractivity contribution is -0.0362. The van der Waals surface area contributed by atoms with E-state index in [9.17, 15) is 0 Å². The maximum atomic E-state index is 5.98. The molecule has 1 N–H and O–H groups in total. The van der Waals surface area contributed by atoms with E-state index in [1.807, 2.05) is 13.1 Å². The van der Waals surface area contributed by atoms with Gasteiger partial charge in [0.15, 0.2) is 0 Å². The van der Waals surface area contributed by atoms with Gasteiger partial charge in [-0.15, -0.1) is 0 Å². The van der Waals surface area contributed by atoms with Gasteiger partial charge < -0.3 is 14.8 Å². The molecule has 1 aromatic rings. The third kappa shape index (κ3) is 3.43. The molecular formula is C14H22N2O2. The highest BCUT2D eigenvalue weighted by Crippen LogP contribution is 2.24. The predicted molar refractivity (Wildman–Crippen MR) is 71.6 cm³/mol. The minimum Gasteiger partial charge on any atom is -0.381 e. The van der Waals surface area contributed by atoms with Gasteiger partial charge in [-0.1, -0.05) is 6.07 Å². The van der Waals surface area contributed by atoms with Crippen LogP contribution in [0.5, 0.6) is 0 Å². The highest BCUT2D eigenvalue weighted by Gasteiger charge is 2.22. The van der Waals surface area contributed by atoms with E-state index in [2.05, 4.69) is 16.4 Å². The van der Waals surface area contributed by atoms with Crippen LogP contribution in [0.25, 0.3) is 0 Å². The summed E-state index contributed by atoms with van der Waals surface area (Å²) in [6.07, 6.45) is 6.95. The molecule has 0 aliphatic heterocycles. The van der Waals surface area contributed by atoms with Crippen molar-refractivity contribution in [2.24, 2.45) is 0 Å². The Morgan fingerprint density at radius 1 is 1.39 bits per heavy atom. The number of hydrogen-bond donors (Lipinski definition) is 1. The topological polar surface area (TPSA) is 43.4 Å². The summed E-state index contributed by atoms with van der Waals surface area (Å²) in [4.78, 5) is 4.28. The number of nitrogens with zero attached hydrogens (tertiary/aromatic N) is 1. The van der Waals surface area contributed by atoms with Crippen molar-refractivity contribution < 1.29 is 9.47 Å². The molecule has 2 unspecified atom stereocenters. The van der Waals surface area contributed by atoms with E-state index in [0.29, 0.717) is 18.8 Å². The summed E-state index contributed by atoms with van der Waals surface area (Å²) < 4.78 is 11.4. The van der Waals surface area contributed by atoms with E-state index in [-0.39, 0.29) is 0 Å². The number of hydrogen-bond acceptors (Lipinski definition) is 4. The van der Waals surface area contributed by atoms with Crippen LogP contribution in [-0.2, 0) is 16.1 Å². The Hall–Kier alpha value is -1.13. The van der Waals surface area contributed by atoms with Crippen LogP contribution in [0.2, 0.25) is 0 Å². The largest absolute Gasteiger partial charge is 0.381 e. The molecule has 4 nitrogen and oxygen atoms in total. The summed E-state index contributed by atoms with van der Waals surface area (Å²) >= 11 is 0. The molecule has 18 heavy (non-hydrogen) atoms. The fourth-order valence-electron chi connectivity index (χ4n) is 2.46. The Labute approximate surface area is 109 Å². The van der Waals surface area contributed by atoms with Gasteiger partial charge in [0.1, 0.15) is 5.82 Å². The normalized spacial score (nSPS) is 23.9. The molecule has 0 saturated heterocycles. The van der Waals surface area contributed by atoms with E-state index in [1.54, 1.807) is 13.3 Å². The van der Waals surface area contributed by atoms with E-state index >= 15 is 0 Å². The van der Waals surface area contributed by atoms with Gasteiger partial charge in [0.2, 0.25) is 0 Å². The monoisotopic (exact) mass is 250 g/mol. The molecule has 2 rings (SSSR count). The Bertz CT molecular complexity index is 371. The SMILES string of the molecule is CNc1ncccc1COC1CCCC(OC)C1. The first-order valence-corrected chi connectivity index (χ1v) is 6.59. The molecule has 0 bridgehead atoms. The van der Waals surface area contributed by atoms with Crippen molar-refractivity contribution >= 4 is 5.82 Å². The van der Waals surface area contributed by atoms with Crippen LogP contribution in [0.1, 0.15) is 31.2 Å². The van der Waals surface area contributed by atoms with Crippen molar-refractivity contribution in [2.45, 2.75) is 44.5 Å². The zero-order valence-electron chi connectivity index (χ0n) is 11.2. The van der Waals surface area contributed by atoms with Crippen LogP contribution in [-0.4, -0.2) is 31.3 Å². The summed E-state index contributed by atoms with van der Waals surface area (Å²) in [7, 11) is 3.67. The molecule has 1 aromatic heterocycles. The molecule has 0 spiro atoms. The van der Waals surface area contributed by atoms with E-state index < -0.39 is 0 Å². The highest BCUT2D eigenvalue weighted by atomic mass is 16.5. The Morgan fingerprint density at radius 3 is 3.00 bits per heavy atom. The Kier molecular flexibility index (Phi) is 4.96. The van der Waals surface area contributed by atoms with Crippen LogP contribution in [0.4, 0.5) is 5.82 Å². The molecule has 4 heteroatoms. The second-order valence-electron chi connectivity index (χ2n) is 4.72. The first kappa shape index (κ1) is 13.3. The number of ether oxygens (including phenoxy) is 2. The van der Waals surface area contributed by atoms with Crippen LogP contribution in [0.15, 0.2) is 18.3 Å². The second-order valence-corrected chi connectivity index (χ2v) is 4.72. The molecule has 100 valence electrons. The average molecular weight is 250 g/mol. The minimum atomic E-state index is 0.314. The Balaban J connectivity index is 1.87. The van der Waals surface area contributed by atoms with Crippen LogP contribution in [0.3, 0.4) is 0 Å². The smallest absolute Gasteiger partial charge is 0.131 e. The third-order valence-electron chi connectivity index (χ3n) is 3.51. The van der Waals surface area contributed by atoms with Gasteiger partial charge in [-0.25, -0.2) is 4.98 Å². The number of rotatable bonds is 5. The van der Waals surface area contributed by atoms with Crippen molar-refractivity contribution in [2.75, 3.05) is 19.5 Å². The quantitative estimate of drug-likeness (QED) is 0.872.